The molecule has 0 spiro atoms. The fourth-order valence-electron chi connectivity index (χ4n) is 2.64. The molecule has 1 aliphatic carbocycles. The van der Waals surface area contributed by atoms with Crippen molar-refractivity contribution >= 4 is 0 Å². The Labute approximate surface area is 110 Å². The summed E-state index contributed by atoms with van der Waals surface area (Å²) in [6.07, 6.45) is 5.72. The van der Waals surface area contributed by atoms with Gasteiger partial charge in [-0.2, -0.15) is 0 Å². The second-order valence-electron chi connectivity index (χ2n) is 5.21. The highest BCUT2D eigenvalue weighted by molar-refractivity contribution is 5.28. The summed E-state index contributed by atoms with van der Waals surface area (Å²) < 4.78 is 7.46. The van der Waals surface area contributed by atoms with Crippen molar-refractivity contribution in [2.75, 3.05) is 33.9 Å². The van der Waals surface area contributed by atoms with Crippen LogP contribution in [-0.2, 0) is 17.7 Å². The molecule has 0 fully saturated rings. The zero-order valence-electron chi connectivity index (χ0n) is 11.6. The number of nitrogens with zero attached hydrogens (tertiary/aromatic N) is 2. The summed E-state index contributed by atoms with van der Waals surface area (Å²) in [6.45, 7) is 3.88. The largest absolute Gasteiger partial charge is 0.383 e. The maximum atomic E-state index is 6.14. The van der Waals surface area contributed by atoms with Gasteiger partial charge in [0.15, 0.2) is 0 Å². The van der Waals surface area contributed by atoms with Crippen LogP contribution in [0.3, 0.4) is 0 Å². The summed E-state index contributed by atoms with van der Waals surface area (Å²) in [7, 11) is 3.89. The Bertz CT molecular complexity index is 375. The van der Waals surface area contributed by atoms with Gasteiger partial charge in [-0.25, -0.2) is 0 Å². The maximum absolute atomic E-state index is 6.14. The van der Waals surface area contributed by atoms with Gasteiger partial charge in [-0.1, -0.05) is 0 Å². The number of fused-ring (bicyclic) bond motifs is 1. The molecule has 1 aromatic rings. The van der Waals surface area contributed by atoms with Crippen LogP contribution in [-0.4, -0.2) is 43.3 Å². The summed E-state index contributed by atoms with van der Waals surface area (Å²) in [5.74, 6) is 0. The van der Waals surface area contributed by atoms with Crippen LogP contribution in [0.5, 0.6) is 0 Å². The van der Waals surface area contributed by atoms with Crippen LogP contribution in [0, 0.1) is 0 Å². The number of methoxy groups -OCH3 is 1. The van der Waals surface area contributed by atoms with Gasteiger partial charge in [-0.15, -0.1) is 0 Å². The zero-order chi connectivity index (χ0) is 13.0. The molecule has 0 amide bonds. The maximum Gasteiger partial charge on any atom is 0.0589 e. The predicted molar refractivity (Wildman–Crippen MR) is 73.7 cm³/mol. The molecule has 2 N–H and O–H groups in total. The molecule has 1 aromatic heterocycles. The predicted octanol–water partition coefficient (Wildman–Crippen LogP) is 1.40. The number of nitrogens with two attached hydrogens (primary N) is 1. The normalized spacial score (nSPS) is 19.2. The summed E-state index contributed by atoms with van der Waals surface area (Å²) in [4.78, 5) is 2.30. The van der Waals surface area contributed by atoms with E-state index in [0.717, 1.165) is 32.7 Å². The third-order valence-electron chi connectivity index (χ3n) is 3.84. The van der Waals surface area contributed by atoms with Crippen molar-refractivity contribution in [3.63, 3.8) is 0 Å². The Kier molecular flexibility index (Phi) is 4.80. The number of likely N-dealkylation sites (N-methyl/N-ethyl adjacent to an activating group) is 1. The quantitative estimate of drug-likeness (QED) is 0.831. The van der Waals surface area contributed by atoms with Crippen molar-refractivity contribution in [3.8, 4) is 0 Å². The Morgan fingerprint density at radius 3 is 3.11 bits per heavy atom. The van der Waals surface area contributed by atoms with E-state index < -0.39 is 0 Å². The Balaban J connectivity index is 1.90. The van der Waals surface area contributed by atoms with Crippen molar-refractivity contribution in [1.82, 2.24) is 9.47 Å². The van der Waals surface area contributed by atoms with Gasteiger partial charge < -0.3 is 19.9 Å². The van der Waals surface area contributed by atoms with E-state index in [1.165, 1.54) is 24.1 Å². The van der Waals surface area contributed by atoms with Gasteiger partial charge >= 0.3 is 0 Å². The fraction of sp³-hybridized carbons (Fsp3) is 0.714. The molecule has 0 bridgehead atoms. The fourth-order valence-corrected chi connectivity index (χ4v) is 2.64. The minimum atomic E-state index is 0.251. The van der Waals surface area contributed by atoms with Crippen molar-refractivity contribution in [1.29, 1.82) is 0 Å². The minimum absolute atomic E-state index is 0.251. The van der Waals surface area contributed by atoms with E-state index in [-0.39, 0.29) is 6.04 Å². The van der Waals surface area contributed by atoms with E-state index in [0.29, 0.717) is 0 Å². The van der Waals surface area contributed by atoms with Crippen LogP contribution in [0.15, 0.2) is 12.3 Å². The molecule has 1 unspecified atom stereocenters. The van der Waals surface area contributed by atoms with Crippen molar-refractivity contribution in [2.45, 2.75) is 31.8 Å². The molecule has 102 valence electrons. The van der Waals surface area contributed by atoms with Crippen LogP contribution < -0.4 is 5.73 Å². The molecule has 0 saturated carbocycles. The van der Waals surface area contributed by atoms with Crippen molar-refractivity contribution < 1.29 is 4.74 Å². The lowest BCUT2D eigenvalue weighted by Gasteiger charge is -2.22. The van der Waals surface area contributed by atoms with Gasteiger partial charge in [-0.05, 0) is 37.9 Å². The number of aromatic nitrogens is 1. The van der Waals surface area contributed by atoms with Crippen molar-refractivity contribution in [3.05, 3.63) is 23.5 Å². The van der Waals surface area contributed by atoms with Gasteiger partial charge in [0.1, 0.15) is 0 Å². The number of rotatable bonds is 6. The Morgan fingerprint density at radius 2 is 2.33 bits per heavy atom. The summed E-state index contributed by atoms with van der Waals surface area (Å²) >= 11 is 0. The van der Waals surface area contributed by atoms with E-state index >= 15 is 0 Å². The van der Waals surface area contributed by atoms with Gasteiger partial charge in [0.05, 0.1) is 6.61 Å². The average Bonchev–Trinajstić information content (AvgIpc) is 2.78. The lowest BCUT2D eigenvalue weighted by Crippen LogP contribution is -2.27. The molecule has 0 aliphatic heterocycles. The summed E-state index contributed by atoms with van der Waals surface area (Å²) in [6, 6.07) is 2.45. The minimum Gasteiger partial charge on any atom is -0.383 e. The first-order valence-corrected chi connectivity index (χ1v) is 6.83. The first-order chi connectivity index (χ1) is 8.72. The third kappa shape index (κ3) is 3.13. The van der Waals surface area contributed by atoms with Crippen molar-refractivity contribution in [2.24, 2.45) is 5.73 Å². The first-order valence-electron chi connectivity index (χ1n) is 6.83. The van der Waals surface area contributed by atoms with Crippen LogP contribution in [0.4, 0.5) is 0 Å². The molecule has 2 rings (SSSR count). The first kappa shape index (κ1) is 13.6. The van der Waals surface area contributed by atoms with E-state index in [1.807, 2.05) is 0 Å². The highest BCUT2D eigenvalue weighted by Gasteiger charge is 2.19. The monoisotopic (exact) mass is 251 g/mol. The second-order valence-corrected chi connectivity index (χ2v) is 5.21. The molecule has 1 aliphatic rings. The smallest absolute Gasteiger partial charge is 0.0589 e. The average molecular weight is 251 g/mol. The third-order valence-corrected chi connectivity index (χ3v) is 3.84. The molecule has 0 radical (unpaired) electrons. The summed E-state index contributed by atoms with van der Waals surface area (Å²) in [5.41, 5.74) is 8.96. The van der Waals surface area contributed by atoms with Crippen LogP contribution >= 0.6 is 0 Å². The van der Waals surface area contributed by atoms with E-state index in [4.69, 9.17) is 10.5 Å². The number of hydrogen-bond donors (Lipinski definition) is 1. The van der Waals surface area contributed by atoms with Gasteiger partial charge in [0.2, 0.25) is 0 Å². The van der Waals surface area contributed by atoms with Gasteiger partial charge in [0.25, 0.3) is 0 Å². The van der Waals surface area contributed by atoms with E-state index in [9.17, 15) is 0 Å². The lowest BCUT2D eigenvalue weighted by atomic mass is 9.94. The Hall–Kier alpha value is -0.840. The lowest BCUT2D eigenvalue weighted by molar-refractivity contribution is 0.159. The van der Waals surface area contributed by atoms with E-state index in [2.05, 4.69) is 28.8 Å². The van der Waals surface area contributed by atoms with Crippen LogP contribution in [0.25, 0.3) is 0 Å². The Morgan fingerprint density at radius 1 is 1.50 bits per heavy atom. The van der Waals surface area contributed by atoms with Gasteiger partial charge in [0, 0.05) is 44.7 Å². The zero-order valence-corrected chi connectivity index (χ0v) is 11.6. The SMILES string of the molecule is COCCN(C)CCn1ccc2c1CCCC2N. The molecule has 18 heavy (non-hydrogen) atoms. The molecule has 4 nitrogen and oxygen atoms in total. The molecular weight excluding hydrogens is 226 g/mol. The topological polar surface area (TPSA) is 43.4 Å². The molecule has 1 heterocycles. The van der Waals surface area contributed by atoms with Crippen LogP contribution in [0.1, 0.15) is 30.1 Å². The highest BCUT2D eigenvalue weighted by atomic mass is 16.5. The van der Waals surface area contributed by atoms with E-state index in [1.54, 1.807) is 7.11 Å². The molecule has 0 aromatic carbocycles. The molecule has 1 atom stereocenters. The highest BCUT2D eigenvalue weighted by Crippen LogP contribution is 2.28. The summed E-state index contributed by atoms with van der Waals surface area (Å²) in [5, 5.41) is 0. The standard InChI is InChI=1S/C14H25N3O/c1-16(10-11-18-2)8-9-17-7-6-12-13(15)4-3-5-14(12)17/h6-7,13H,3-5,8-11,15H2,1-2H3. The molecular formula is C14H25N3O. The second kappa shape index (κ2) is 6.36. The number of ether oxygens (including phenoxy) is 1. The molecule has 0 saturated heterocycles. The van der Waals surface area contributed by atoms with Crippen LogP contribution in [0.2, 0.25) is 0 Å². The van der Waals surface area contributed by atoms with Gasteiger partial charge in [-0.3, -0.25) is 0 Å². The molecule has 4 heteroatoms. The number of hydrogen-bond acceptors (Lipinski definition) is 3.